The highest BCUT2D eigenvalue weighted by Crippen LogP contribution is 2.30. The Hall–Kier alpha value is -2.56. The van der Waals surface area contributed by atoms with E-state index < -0.39 is 0 Å². The van der Waals surface area contributed by atoms with Crippen LogP contribution in [0, 0.1) is 11.7 Å². The molecule has 1 unspecified atom stereocenters. The average molecular weight is 556 g/mol. The molecule has 1 saturated carbocycles. The zero-order chi connectivity index (χ0) is 22.2. The van der Waals surface area contributed by atoms with Crippen LogP contribution in [0.25, 0.3) is 0 Å². The summed E-state index contributed by atoms with van der Waals surface area (Å²) in [5, 5.41) is 18.3. The molecule has 7 nitrogen and oxygen atoms in total. The van der Waals surface area contributed by atoms with Gasteiger partial charge in [-0.15, -0.1) is 24.0 Å². The molecule has 0 bridgehead atoms. The van der Waals surface area contributed by atoms with Crippen molar-refractivity contribution < 1.29 is 19.0 Å². The first kappa shape index (κ1) is 25.7. The number of phenols is 1. The molecule has 0 radical (unpaired) electrons. The molecule has 0 aliphatic heterocycles. The van der Waals surface area contributed by atoms with Crippen molar-refractivity contribution >= 4 is 41.5 Å². The van der Waals surface area contributed by atoms with E-state index in [0.29, 0.717) is 30.7 Å². The van der Waals surface area contributed by atoms with Crippen molar-refractivity contribution in [2.75, 3.05) is 25.0 Å². The number of nitrogens with one attached hydrogen (secondary N) is 3. The lowest BCUT2D eigenvalue weighted by atomic mass is 10.1. The molecule has 0 saturated heterocycles. The molecule has 9 heteroatoms. The second-order valence-electron chi connectivity index (χ2n) is 7.60. The number of benzene rings is 2. The number of phenolic OH excluding ortho intramolecular Hbond substituents is 1. The van der Waals surface area contributed by atoms with Crippen LogP contribution in [0.4, 0.5) is 10.1 Å². The molecule has 1 amide bonds. The van der Waals surface area contributed by atoms with Crippen LogP contribution in [0.3, 0.4) is 0 Å². The Bertz CT molecular complexity index is 920. The Labute approximate surface area is 204 Å². The summed E-state index contributed by atoms with van der Waals surface area (Å²) in [6.45, 7) is 4.89. The van der Waals surface area contributed by atoms with Gasteiger partial charge in [-0.05, 0) is 74.6 Å². The van der Waals surface area contributed by atoms with Crippen LogP contribution < -0.4 is 20.7 Å². The van der Waals surface area contributed by atoms with Crippen molar-refractivity contribution in [1.82, 2.24) is 10.6 Å². The minimum atomic E-state index is -0.387. The molecule has 2 aromatic rings. The fraction of sp³-hybridized carbons (Fsp3) is 0.391. The van der Waals surface area contributed by atoms with Crippen LogP contribution in [-0.2, 0) is 4.79 Å². The van der Waals surface area contributed by atoms with E-state index in [9.17, 15) is 14.3 Å². The third-order valence-corrected chi connectivity index (χ3v) is 4.86. The number of rotatable bonds is 9. The highest BCUT2D eigenvalue weighted by Gasteiger charge is 2.22. The third-order valence-electron chi connectivity index (χ3n) is 4.86. The van der Waals surface area contributed by atoms with E-state index in [-0.39, 0.29) is 59.8 Å². The van der Waals surface area contributed by atoms with Gasteiger partial charge in [-0.2, -0.15) is 0 Å². The van der Waals surface area contributed by atoms with Gasteiger partial charge in [-0.25, -0.2) is 9.38 Å². The van der Waals surface area contributed by atoms with E-state index in [2.05, 4.69) is 20.9 Å². The van der Waals surface area contributed by atoms with Gasteiger partial charge in [0.05, 0.1) is 12.6 Å². The highest BCUT2D eigenvalue weighted by atomic mass is 127. The number of anilines is 1. The topological polar surface area (TPSA) is 95.0 Å². The number of aromatic hydroxyl groups is 1. The first-order valence-electron chi connectivity index (χ1n) is 10.5. The van der Waals surface area contributed by atoms with Crippen molar-refractivity contribution in [2.24, 2.45) is 10.9 Å². The Morgan fingerprint density at radius 3 is 2.59 bits per heavy atom. The molecule has 0 heterocycles. The van der Waals surface area contributed by atoms with Gasteiger partial charge >= 0.3 is 0 Å². The van der Waals surface area contributed by atoms with Crippen LogP contribution >= 0.6 is 24.0 Å². The molecular weight excluding hydrogens is 526 g/mol. The maximum Gasteiger partial charge on any atom is 0.246 e. The second kappa shape index (κ2) is 12.5. The second-order valence-corrected chi connectivity index (χ2v) is 7.60. The first-order chi connectivity index (χ1) is 14.9. The summed E-state index contributed by atoms with van der Waals surface area (Å²) in [7, 11) is 0. The van der Waals surface area contributed by atoms with Gasteiger partial charge in [0.2, 0.25) is 5.91 Å². The molecule has 0 spiro atoms. The molecule has 4 N–H and O–H groups in total. The van der Waals surface area contributed by atoms with Crippen LogP contribution in [0.15, 0.2) is 47.5 Å². The SMILES string of the molecule is CCNC(=NCC(=O)Nc1ccc(O)cc1)NC(C)c1ccc(OCC2CC2)c(F)c1.I. The summed E-state index contributed by atoms with van der Waals surface area (Å²) in [5.74, 6) is 0.729. The fourth-order valence-corrected chi connectivity index (χ4v) is 2.90. The van der Waals surface area contributed by atoms with Crippen molar-refractivity contribution in [1.29, 1.82) is 0 Å². The Morgan fingerprint density at radius 2 is 1.97 bits per heavy atom. The zero-order valence-corrected chi connectivity index (χ0v) is 20.6. The number of carbonyl (C=O) groups excluding carboxylic acids is 1. The molecule has 1 atom stereocenters. The predicted octanol–water partition coefficient (Wildman–Crippen LogP) is 4.19. The number of hydrogen-bond acceptors (Lipinski definition) is 4. The molecule has 0 aromatic heterocycles. The summed E-state index contributed by atoms with van der Waals surface area (Å²) >= 11 is 0. The minimum Gasteiger partial charge on any atom is -0.508 e. The molecular formula is C23H30FIN4O3. The van der Waals surface area contributed by atoms with Gasteiger partial charge in [-0.1, -0.05) is 6.07 Å². The summed E-state index contributed by atoms with van der Waals surface area (Å²) < 4.78 is 19.9. The van der Waals surface area contributed by atoms with Gasteiger partial charge in [0.15, 0.2) is 17.5 Å². The van der Waals surface area contributed by atoms with E-state index in [4.69, 9.17) is 4.74 Å². The average Bonchev–Trinajstić information content (AvgIpc) is 3.57. The van der Waals surface area contributed by atoms with Gasteiger partial charge in [-0.3, -0.25) is 4.79 Å². The lowest BCUT2D eigenvalue weighted by molar-refractivity contribution is -0.114. The maximum absolute atomic E-state index is 14.4. The van der Waals surface area contributed by atoms with Crippen LogP contribution in [0.1, 0.15) is 38.3 Å². The fourth-order valence-electron chi connectivity index (χ4n) is 2.90. The van der Waals surface area contributed by atoms with Crippen molar-refractivity contribution in [2.45, 2.75) is 32.7 Å². The molecule has 174 valence electrons. The molecule has 3 rings (SSSR count). The number of nitrogens with zero attached hydrogens (tertiary/aromatic N) is 1. The van der Waals surface area contributed by atoms with Gasteiger partial charge in [0.1, 0.15) is 12.3 Å². The number of ether oxygens (including phenoxy) is 1. The summed E-state index contributed by atoms with van der Waals surface area (Å²) in [5.41, 5.74) is 1.32. The summed E-state index contributed by atoms with van der Waals surface area (Å²) in [6, 6.07) is 10.9. The summed E-state index contributed by atoms with van der Waals surface area (Å²) in [4.78, 5) is 16.5. The van der Waals surface area contributed by atoms with Gasteiger partial charge in [0.25, 0.3) is 0 Å². The number of hydrogen-bond donors (Lipinski definition) is 4. The Kier molecular flexibility index (Phi) is 10.0. The molecule has 1 aliphatic rings. The van der Waals surface area contributed by atoms with E-state index in [1.54, 1.807) is 18.2 Å². The van der Waals surface area contributed by atoms with Gasteiger partial charge < -0.3 is 25.8 Å². The first-order valence-corrected chi connectivity index (χ1v) is 10.5. The van der Waals surface area contributed by atoms with Crippen LogP contribution in [0.2, 0.25) is 0 Å². The highest BCUT2D eigenvalue weighted by molar-refractivity contribution is 14.0. The van der Waals surface area contributed by atoms with Crippen molar-refractivity contribution in [3.63, 3.8) is 0 Å². The molecule has 32 heavy (non-hydrogen) atoms. The largest absolute Gasteiger partial charge is 0.508 e. The quantitative estimate of drug-likeness (QED) is 0.161. The van der Waals surface area contributed by atoms with E-state index >= 15 is 0 Å². The summed E-state index contributed by atoms with van der Waals surface area (Å²) in [6.07, 6.45) is 2.31. The Morgan fingerprint density at radius 1 is 1.25 bits per heavy atom. The van der Waals surface area contributed by atoms with Gasteiger partial charge in [0, 0.05) is 12.2 Å². The van der Waals surface area contributed by atoms with Crippen LogP contribution in [0.5, 0.6) is 11.5 Å². The van der Waals surface area contributed by atoms with Crippen molar-refractivity contribution in [3.05, 3.63) is 53.8 Å². The smallest absolute Gasteiger partial charge is 0.246 e. The lowest BCUT2D eigenvalue weighted by Crippen LogP contribution is -2.39. The molecule has 1 fully saturated rings. The number of carbonyl (C=O) groups is 1. The minimum absolute atomic E-state index is 0. The Balaban J connectivity index is 0.00000363. The number of halogens is 2. The lowest BCUT2D eigenvalue weighted by Gasteiger charge is -2.19. The van der Waals surface area contributed by atoms with Crippen LogP contribution in [-0.4, -0.2) is 36.7 Å². The van der Waals surface area contributed by atoms with E-state index in [0.717, 1.165) is 18.4 Å². The monoisotopic (exact) mass is 556 g/mol. The normalized spacial score (nSPS) is 14.2. The standard InChI is InChI=1S/C23H29FN4O3.HI/c1-3-25-23(26-13-22(30)28-18-7-9-19(29)10-8-18)27-15(2)17-6-11-21(20(24)12-17)31-14-16-4-5-16;/h6-12,15-16,29H,3-5,13-14H2,1-2H3,(H,28,30)(H2,25,26,27);1H. The number of aliphatic imine (C=N–C) groups is 1. The van der Waals surface area contributed by atoms with Crippen molar-refractivity contribution in [3.8, 4) is 11.5 Å². The third kappa shape index (κ3) is 8.18. The number of guanidine groups is 1. The number of amides is 1. The van der Waals surface area contributed by atoms with E-state index in [1.807, 2.05) is 19.9 Å². The molecule has 1 aliphatic carbocycles. The maximum atomic E-state index is 14.4. The molecule has 2 aromatic carbocycles. The van der Waals surface area contributed by atoms with E-state index in [1.165, 1.54) is 18.2 Å². The predicted molar refractivity (Wildman–Crippen MR) is 134 cm³/mol. The zero-order valence-electron chi connectivity index (χ0n) is 18.2.